The van der Waals surface area contributed by atoms with E-state index in [4.69, 9.17) is 4.74 Å². The topological polar surface area (TPSA) is 55.0 Å². The number of carbonyl (C=O) groups excluding carboxylic acids is 1. The number of rotatable bonds is 5. The maximum Gasteiger partial charge on any atom is 0.166 e. The van der Waals surface area contributed by atoms with E-state index in [2.05, 4.69) is 9.97 Å². The Morgan fingerprint density at radius 1 is 1.53 bits per heavy atom. The van der Waals surface area contributed by atoms with E-state index >= 15 is 0 Å². The first-order chi connectivity index (χ1) is 8.19. The summed E-state index contributed by atoms with van der Waals surface area (Å²) in [5.41, 5.74) is 1.82. The number of carbonyl (C=O) groups is 1. The summed E-state index contributed by atoms with van der Waals surface area (Å²) in [6, 6.07) is 5.73. The Labute approximate surface area is 104 Å². The van der Waals surface area contributed by atoms with Crippen molar-refractivity contribution in [1.29, 1.82) is 0 Å². The van der Waals surface area contributed by atoms with E-state index in [0.717, 1.165) is 21.9 Å². The van der Waals surface area contributed by atoms with Crippen molar-refractivity contribution in [3.05, 3.63) is 18.2 Å². The van der Waals surface area contributed by atoms with E-state index in [1.165, 1.54) is 11.8 Å². The predicted octanol–water partition coefficient (Wildman–Crippen LogP) is 2.64. The highest BCUT2D eigenvalue weighted by Crippen LogP contribution is 2.23. The number of aromatic amines is 1. The lowest BCUT2D eigenvalue weighted by molar-refractivity contribution is -0.114. The van der Waals surface area contributed by atoms with E-state index < -0.39 is 0 Å². The molecule has 0 fully saturated rings. The molecule has 5 heteroatoms. The van der Waals surface area contributed by atoms with Crippen molar-refractivity contribution in [2.24, 2.45) is 0 Å². The molecule has 90 valence electrons. The SMILES string of the molecule is CCOc1ccc2nc(SCC(C)=O)[nH]c2c1. The monoisotopic (exact) mass is 250 g/mol. The molecule has 0 radical (unpaired) electrons. The molecule has 0 saturated heterocycles. The van der Waals surface area contributed by atoms with Crippen LogP contribution >= 0.6 is 11.8 Å². The third kappa shape index (κ3) is 3.00. The number of benzene rings is 1. The van der Waals surface area contributed by atoms with Crippen LogP contribution in [0.2, 0.25) is 0 Å². The molecule has 0 bridgehead atoms. The number of ether oxygens (including phenoxy) is 1. The molecule has 0 saturated carbocycles. The minimum absolute atomic E-state index is 0.144. The van der Waals surface area contributed by atoms with Crippen LogP contribution in [0.25, 0.3) is 11.0 Å². The van der Waals surface area contributed by atoms with Crippen LogP contribution in [-0.4, -0.2) is 28.1 Å². The molecule has 1 N–H and O–H groups in total. The fraction of sp³-hybridized carbons (Fsp3) is 0.333. The largest absolute Gasteiger partial charge is 0.494 e. The van der Waals surface area contributed by atoms with Crippen LogP contribution in [0.3, 0.4) is 0 Å². The summed E-state index contributed by atoms with van der Waals surface area (Å²) in [5, 5.41) is 0.767. The van der Waals surface area contributed by atoms with Crippen LogP contribution in [-0.2, 0) is 4.79 Å². The van der Waals surface area contributed by atoms with E-state index in [9.17, 15) is 4.79 Å². The number of H-pyrrole nitrogens is 1. The van der Waals surface area contributed by atoms with Crippen LogP contribution in [0, 0.1) is 0 Å². The van der Waals surface area contributed by atoms with Crippen molar-refractivity contribution in [3.63, 3.8) is 0 Å². The molecular formula is C12H14N2O2S. The van der Waals surface area contributed by atoms with Crippen molar-refractivity contribution in [1.82, 2.24) is 9.97 Å². The zero-order valence-electron chi connectivity index (χ0n) is 9.82. The summed E-state index contributed by atoms with van der Waals surface area (Å²) in [6.45, 7) is 4.17. The molecule has 4 nitrogen and oxygen atoms in total. The van der Waals surface area contributed by atoms with Crippen molar-refractivity contribution >= 4 is 28.6 Å². The van der Waals surface area contributed by atoms with E-state index in [1.807, 2.05) is 25.1 Å². The Morgan fingerprint density at radius 3 is 3.06 bits per heavy atom. The molecule has 17 heavy (non-hydrogen) atoms. The zero-order valence-corrected chi connectivity index (χ0v) is 10.6. The number of hydrogen-bond acceptors (Lipinski definition) is 4. The van der Waals surface area contributed by atoms with Crippen LogP contribution in [0.15, 0.2) is 23.4 Å². The molecule has 1 heterocycles. The van der Waals surface area contributed by atoms with Gasteiger partial charge in [0.25, 0.3) is 0 Å². The first kappa shape index (κ1) is 12.0. The molecule has 0 amide bonds. The fourth-order valence-corrected chi connectivity index (χ4v) is 2.15. The van der Waals surface area contributed by atoms with E-state index in [-0.39, 0.29) is 5.78 Å². The maximum atomic E-state index is 10.9. The Bertz CT molecular complexity index is 536. The molecule has 0 aliphatic carbocycles. The Hall–Kier alpha value is -1.49. The minimum atomic E-state index is 0.144. The second-order valence-electron chi connectivity index (χ2n) is 3.64. The smallest absolute Gasteiger partial charge is 0.166 e. The van der Waals surface area contributed by atoms with Gasteiger partial charge >= 0.3 is 0 Å². The Balaban J connectivity index is 2.21. The number of aromatic nitrogens is 2. The normalized spacial score (nSPS) is 10.7. The molecular weight excluding hydrogens is 236 g/mol. The molecule has 2 aromatic rings. The lowest BCUT2D eigenvalue weighted by atomic mass is 10.3. The highest BCUT2D eigenvalue weighted by molar-refractivity contribution is 7.99. The number of hydrogen-bond donors (Lipinski definition) is 1. The van der Waals surface area contributed by atoms with Gasteiger partial charge in [-0.15, -0.1) is 0 Å². The molecule has 0 spiro atoms. The number of nitrogens with one attached hydrogen (secondary N) is 1. The van der Waals surface area contributed by atoms with Gasteiger partial charge in [-0.1, -0.05) is 11.8 Å². The van der Waals surface area contributed by atoms with Crippen molar-refractivity contribution in [3.8, 4) is 5.75 Å². The highest BCUT2D eigenvalue weighted by atomic mass is 32.2. The summed E-state index contributed by atoms with van der Waals surface area (Å²) in [4.78, 5) is 18.4. The maximum absolute atomic E-state index is 10.9. The molecule has 1 aromatic carbocycles. The lowest BCUT2D eigenvalue weighted by Gasteiger charge is -2.00. The number of nitrogens with zero attached hydrogens (tertiary/aromatic N) is 1. The standard InChI is InChI=1S/C12H14N2O2S/c1-3-16-9-4-5-10-11(6-9)14-12(13-10)17-7-8(2)15/h4-6H,3,7H2,1-2H3,(H,13,14). The summed E-state index contributed by atoms with van der Waals surface area (Å²) in [6.07, 6.45) is 0. The molecule has 1 aromatic heterocycles. The van der Waals surface area contributed by atoms with Crippen LogP contribution in [0.5, 0.6) is 5.75 Å². The summed E-state index contributed by atoms with van der Waals surface area (Å²) in [5.74, 6) is 1.41. The minimum Gasteiger partial charge on any atom is -0.494 e. The van der Waals surface area contributed by atoms with Gasteiger partial charge in [0.1, 0.15) is 11.5 Å². The fourth-order valence-electron chi connectivity index (χ4n) is 1.46. The molecule has 0 unspecified atom stereocenters. The molecule has 0 atom stereocenters. The second-order valence-corrected chi connectivity index (χ2v) is 4.61. The number of thioether (sulfide) groups is 1. The number of imidazole rings is 1. The number of ketones is 1. The highest BCUT2D eigenvalue weighted by Gasteiger charge is 2.05. The van der Waals surface area contributed by atoms with E-state index in [1.54, 1.807) is 6.92 Å². The van der Waals surface area contributed by atoms with Gasteiger partial charge in [0, 0.05) is 6.07 Å². The third-order valence-corrected chi connectivity index (χ3v) is 3.17. The number of fused-ring (bicyclic) bond motifs is 1. The van der Waals surface area contributed by atoms with Gasteiger partial charge in [-0.05, 0) is 26.0 Å². The Morgan fingerprint density at radius 2 is 2.35 bits per heavy atom. The van der Waals surface area contributed by atoms with Gasteiger partial charge in [-0.3, -0.25) is 4.79 Å². The van der Waals surface area contributed by atoms with Crippen LogP contribution < -0.4 is 4.74 Å². The van der Waals surface area contributed by atoms with Crippen LogP contribution in [0.1, 0.15) is 13.8 Å². The third-order valence-electron chi connectivity index (χ3n) is 2.15. The number of Topliss-reactive ketones (excluding diaryl/α,β-unsaturated/α-hetero) is 1. The average molecular weight is 250 g/mol. The van der Waals surface area contributed by atoms with Crippen molar-refractivity contribution in [2.45, 2.75) is 19.0 Å². The van der Waals surface area contributed by atoms with Gasteiger partial charge in [-0.25, -0.2) is 4.98 Å². The van der Waals surface area contributed by atoms with Gasteiger partial charge in [0.05, 0.1) is 23.4 Å². The first-order valence-corrected chi connectivity index (χ1v) is 6.42. The quantitative estimate of drug-likeness (QED) is 0.829. The lowest BCUT2D eigenvalue weighted by Crippen LogP contribution is -1.93. The van der Waals surface area contributed by atoms with Gasteiger partial charge in [-0.2, -0.15) is 0 Å². The molecule has 0 aliphatic heterocycles. The van der Waals surface area contributed by atoms with Gasteiger partial charge in [0.2, 0.25) is 0 Å². The Kier molecular flexibility index (Phi) is 3.68. The average Bonchev–Trinajstić information content (AvgIpc) is 2.69. The van der Waals surface area contributed by atoms with Crippen molar-refractivity contribution in [2.75, 3.05) is 12.4 Å². The second kappa shape index (κ2) is 5.23. The predicted molar refractivity (Wildman–Crippen MR) is 68.7 cm³/mol. The molecule has 2 rings (SSSR count). The van der Waals surface area contributed by atoms with E-state index in [0.29, 0.717) is 12.4 Å². The summed E-state index contributed by atoms with van der Waals surface area (Å²) in [7, 11) is 0. The molecule has 0 aliphatic rings. The van der Waals surface area contributed by atoms with Gasteiger partial charge in [0.15, 0.2) is 5.16 Å². The zero-order chi connectivity index (χ0) is 12.3. The summed E-state index contributed by atoms with van der Waals surface area (Å²) < 4.78 is 5.41. The van der Waals surface area contributed by atoms with Crippen molar-refractivity contribution < 1.29 is 9.53 Å². The van der Waals surface area contributed by atoms with Gasteiger partial charge < -0.3 is 9.72 Å². The summed E-state index contributed by atoms with van der Waals surface area (Å²) >= 11 is 1.42. The van der Waals surface area contributed by atoms with Crippen LogP contribution in [0.4, 0.5) is 0 Å². The first-order valence-electron chi connectivity index (χ1n) is 5.44.